The molecule has 0 spiro atoms. The van der Waals surface area contributed by atoms with Crippen LogP contribution < -0.4 is 10.4 Å². The third-order valence-electron chi connectivity index (χ3n) is 7.82. The average molecular weight is 606 g/mol. The number of nitriles is 1. The summed E-state index contributed by atoms with van der Waals surface area (Å²) in [5, 5.41) is 11.9. The van der Waals surface area contributed by atoms with Gasteiger partial charge in [-0.3, -0.25) is 0 Å². The molecule has 1 fully saturated rings. The molecule has 4 aromatic carbocycles. The summed E-state index contributed by atoms with van der Waals surface area (Å²) >= 11 is 0. The molecule has 1 unspecified atom stereocenters. The highest BCUT2D eigenvalue weighted by Crippen LogP contribution is 2.38. The highest BCUT2D eigenvalue weighted by molar-refractivity contribution is 6.99. The van der Waals surface area contributed by atoms with E-state index in [1.165, 1.54) is 0 Å². The first-order valence-electron chi connectivity index (χ1n) is 14.6. The first-order valence-corrected chi connectivity index (χ1v) is 16.5. The summed E-state index contributed by atoms with van der Waals surface area (Å²) in [6, 6.07) is 39.3. The quantitative estimate of drug-likeness (QED) is 0.189. The van der Waals surface area contributed by atoms with Crippen molar-refractivity contribution >= 4 is 30.6 Å². The van der Waals surface area contributed by atoms with E-state index in [2.05, 4.69) is 51.1 Å². The van der Waals surface area contributed by atoms with E-state index in [0.29, 0.717) is 11.1 Å². The van der Waals surface area contributed by atoms with Crippen molar-refractivity contribution in [2.24, 2.45) is 0 Å². The first-order chi connectivity index (χ1) is 21.2. The zero-order chi connectivity index (χ0) is 31.2. The number of benzene rings is 4. The predicted octanol–water partition coefficient (Wildman–Crippen LogP) is 5.31. The second kappa shape index (κ2) is 13.4. The van der Waals surface area contributed by atoms with Crippen molar-refractivity contribution in [2.75, 3.05) is 6.61 Å². The SMILES string of the molecule is CC(C)(C)[Si](OC[C@H]1O[C@@H](C#N)C(OC(=O)c2ccccc2)[C@@H]1OC(=O)c1ccccc1)(c1ccccc1)c1ccccc1. The van der Waals surface area contributed by atoms with Crippen molar-refractivity contribution in [2.45, 2.75) is 50.2 Å². The van der Waals surface area contributed by atoms with E-state index >= 15 is 0 Å². The molecule has 0 aromatic heterocycles. The van der Waals surface area contributed by atoms with Crippen LogP contribution in [0, 0.1) is 11.3 Å². The molecule has 7 nitrogen and oxygen atoms in total. The van der Waals surface area contributed by atoms with Crippen LogP contribution in [0.1, 0.15) is 41.5 Å². The summed E-state index contributed by atoms with van der Waals surface area (Å²) in [5.74, 6) is -1.26. The molecule has 0 amide bonds. The fourth-order valence-corrected chi connectivity index (χ4v) is 10.3. The Morgan fingerprint density at radius 3 is 1.52 bits per heavy atom. The molecule has 0 N–H and O–H groups in total. The third kappa shape index (κ3) is 6.36. The summed E-state index contributed by atoms with van der Waals surface area (Å²) < 4.78 is 25.1. The zero-order valence-electron chi connectivity index (χ0n) is 25.0. The zero-order valence-corrected chi connectivity index (χ0v) is 26.0. The molecule has 0 radical (unpaired) electrons. The standard InChI is InChI=1S/C36H35NO6Si/c1-36(2,3)44(28-20-12-6-13-21-28,29-22-14-7-15-23-29)40-25-31-33(43-35(39)27-18-10-5-11-19-27)32(30(24-37)41-31)42-34(38)26-16-8-4-9-17-26/h4-23,30-33H,25H2,1-3H3/t30-,31+,32?,33+/m0/s1. The van der Waals surface area contributed by atoms with Gasteiger partial charge in [0.25, 0.3) is 8.32 Å². The van der Waals surface area contributed by atoms with E-state index in [-0.39, 0.29) is 11.6 Å². The predicted molar refractivity (Wildman–Crippen MR) is 169 cm³/mol. The first kappa shape index (κ1) is 30.9. The van der Waals surface area contributed by atoms with Gasteiger partial charge in [-0.25, -0.2) is 9.59 Å². The highest BCUT2D eigenvalue weighted by Gasteiger charge is 2.54. The van der Waals surface area contributed by atoms with E-state index in [4.69, 9.17) is 18.6 Å². The Bertz CT molecular complexity index is 1550. The maximum atomic E-state index is 13.3. The maximum Gasteiger partial charge on any atom is 0.338 e. The topological polar surface area (TPSA) is 94.9 Å². The molecule has 0 aliphatic carbocycles. The molecule has 4 aromatic rings. The van der Waals surface area contributed by atoms with Crippen LogP contribution in [-0.4, -0.2) is 51.3 Å². The number of carbonyl (C=O) groups is 2. The molecule has 0 saturated carbocycles. The number of hydrogen-bond donors (Lipinski definition) is 0. The van der Waals surface area contributed by atoms with E-state index in [0.717, 1.165) is 10.4 Å². The highest BCUT2D eigenvalue weighted by atomic mass is 28.4. The third-order valence-corrected chi connectivity index (χ3v) is 12.8. The van der Waals surface area contributed by atoms with Crippen LogP contribution in [-0.2, 0) is 18.6 Å². The van der Waals surface area contributed by atoms with Gasteiger partial charge in [0.1, 0.15) is 6.10 Å². The molecular formula is C36H35NO6Si. The lowest BCUT2D eigenvalue weighted by Gasteiger charge is -2.43. The molecular weight excluding hydrogens is 570 g/mol. The molecule has 1 aliphatic heterocycles. The smallest absolute Gasteiger partial charge is 0.338 e. The number of carbonyl (C=O) groups excluding carboxylic acids is 2. The molecule has 1 saturated heterocycles. The van der Waals surface area contributed by atoms with Crippen molar-refractivity contribution in [1.82, 2.24) is 0 Å². The number of hydrogen-bond acceptors (Lipinski definition) is 7. The lowest BCUT2D eigenvalue weighted by atomic mass is 10.1. The average Bonchev–Trinajstić information content (AvgIpc) is 3.37. The van der Waals surface area contributed by atoms with Crippen molar-refractivity contribution < 1.29 is 28.2 Å². The minimum atomic E-state index is -3.00. The number of rotatable bonds is 9. The Morgan fingerprint density at radius 1 is 0.705 bits per heavy atom. The van der Waals surface area contributed by atoms with Gasteiger partial charge in [-0.2, -0.15) is 5.26 Å². The lowest BCUT2D eigenvalue weighted by Crippen LogP contribution is -2.67. The van der Waals surface area contributed by atoms with Gasteiger partial charge in [0.2, 0.25) is 0 Å². The van der Waals surface area contributed by atoms with Gasteiger partial charge in [0.15, 0.2) is 18.3 Å². The summed E-state index contributed by atoms with van der Waals surface area (Å²) in [6.07, 6.45) is -4.34. The van der Waals surface area contributed by atoms with Crippen molar-refractivity contribution in [3.63, 3.8) is 0 Å². The summed E-state index contributed by atoms with van der Waals surface area (Å²) in [5.41, 5.74) is 0.636. The van der Waals surface area contributed by atoms with Crippen LogP contribution in [0.2, 0.25) is 5.04 Å². The second-order valence-electron chi connectivity index (χ2n) is 11.7. The minimum Gasteiger partial charge on any atom is -0.452 e. The molecule has 44 heavy (non-hydrogen) atoms. The van der Waals surface area contributed by atoms with Crippen molar-refractivity contribution in [3.8, 4) is 6.07 Å². The Labute approximate surface area is 259 Å². The minimum absolute atomic E-state index is 0.00240. The van der Waals surface area contributed by atoms with Crippen LogP contribution in [0.4, 0.5) is 0 Å². The molecule has 8 heteroatoms. The molecule has 0 bridgehead atoms. The van der Waals surface area contributed by atoms with Crippen molar-refractivity contribution in [1.29, 1.82) is 5.26 Å². The van der Waals surface area contributed by atoms with Gasteiger partial charge in [-0.1, -0.05) is 118 Å². The fourth-order valence-electron chi connectivity index (χ4n) is 5.74. The number of esters is 2. The van der Waals surface area contributed by atoms with Gasteiger partial charge in [0.05, 0.1) is 23.8 Å². The largest absolute Gasteiger partial charge is 0.452 e. The molecule has 4 atom stereocenters. The lowest BCUT2D eigenvalue weighted by molar-refractivity contribution is -0.0373. The van der Waals surface area contributed by atoms with Crippen LogP contribution >= 0.6 is 0 Å². The number of nitrogens with zero attached hydrogens (tertiary/aromatic N) is 1. The van der Waals surface area contributed by atoms with E-state index in [9.17, 15) is 14.9 Å². The maximum absolute atomic E-state index is 13.3. The molecule has 224 valence electrons. The second-order valence-corrected chi connectivity index (χ2v) is 16.0. The van der Waals surface area contributed by atoms with E-state index < -0.39 is 44.7 Å². The summed E-state index contributed by atoms with van der Waals surface area (Å²) in [6.45, 7) is 6.47. The fraction of sp³-hybridized carbons (Fsp3) is 0.250. The van der Waals surface area contributed by atoms with Crippen LogP contribution in [0.15, 0.2) is 121 Å². The van der Waals surface area contributed by atoms with Crippen molar-refractivity contribution in [3.05, 3.63) is 132 Å². The summed E-state index contributed by atoms with van der Waals surface area (Å²) in [4.78, 5) is 26.4. The van der Waals surface area contributed by atoms with Gasteiger partial charge < -0.3 is 18.6 Å². The van der Waals surface area contributed by atoms with Gasteiger partial charge in [-0.05, 0) is 39.7 Å². The van der Waals surface area contributed by atoms with Crippen LogP contribution in [0.3, 0.4) is 0 Å². The van der Waals surface area contributed by atoms with Gasteiger partial charge >= 0.3 is 11.9 Å². The Balaban J connectivity index is 1.51. The molecule has 1 aliphatic rings. The van der Waals surface area contributed by atoms with E-state index in [1.54, 1.807) is 60.7 Å². The molecule has 1 heterocycles. The Kier molecular flexibility index (Phi) is 9.40. The van der Waals surface area contributed by atoms with Gasteiger partial charge in [0, 0.05) is 0 Å². The Hall–Kier alpha value is -4.55. The Morgan fingerprint density at radius 2 is 1.11 bits per heavy atom. The summed E-state index contributed by atoms with van der Waals surface area (Å²) in [7, 11) is -3.00. The van der Waals surface area contributed by atoms with Gasteiger partial charge in [-0.15, -0.1) is 0 Å². The van der Waals surface area contributed by atoms with Crippen LogP contribution in [0.5, 0.6) is 0 Å². The molecule has 5 rings (SSSR count). The normalized spacial score (nSPS) is 20.0. The van der Waals surface area contributed by atoms with Crippen LogP contribution in [0.25, 0.3) is 0 Å². The monoisotopic (exact) mass is 605 g/mol. The van der Waals surface area contributed by atoms with E-state index in [1.807, 2.05) is 36.4 Å². The number of ether oxygens (including phenoxy) is 3.